The van der Waals surface area contributed by atoms with Gasteiger partial charge in [-0.3, -0.25) is 0 Å². The summed E-state index contributed by atoms with van der Waals surface area (Å²) >= 11 is 0. The van der Waals surface area contributed by atoms with E-state index in [4.69, 9.17) is 4.74 Å². The maximum absolute atomic E-state index is 12.1. The standard InChI is InChI=1S/C22H21NO5S/c24-22(25)21(28-20-12-6-10-18-9-4-5-11-19(18)20)13-15-23-29(26,27)16-14-17-7-2-1-3-8-17/h1-12,14,16,21,23H,13,15H2,(H,24,25). The Morgan fingerprint density at radius 3 is 2.45 bits per heavy atom. The predicted octanol–water partition coefficient (Wildman–Crippen LogP) is 3.65. The smallest absolute Gasteiger partial charge is 0.344 e. The molecule has 0 aliphatic carbocycles. The maximum Gasteiger partial charge on any atom is 0.344 e. The number of fused-ring (bicyclic) bond motifs is 1. The van der Waals surface area contributed by atoms with Gasteiger partial charge < -0.3 is 9.84 Å². The quantitative estimate of drug-likeness (QED) is 0.561. The molecule has 0 heterocycles. The van der Waals surface area contributed by atoms with Crippen molar-refractivity contribution in [1.82, 2.24) is 4.72 Å². The largest absolute Gasteiger partial charge is 0.479 e. The average Bonchev–Trinajstić information content (AvgIpc) is 2.72. The highest BCUT2D eigenvalue weighted by Gasteiger charge is 2.21. The van der Waals surface area contributed by atoms with E-state index in [2.05, 4.69) is 4.72 Å². The number of aliphatic carboxylic acids is 1. The van der Waals surface area contributed by atoms with E-state index < -0.39 is 22.1 Å². The van der Waals surface area contributed by atoms with Gasteiger partial charge in [-0.2, -0.15) is 0 Å². The second kappa shape index (κ2) is 9.36. The van der Waals surface area contributed by atoms with Crippen molar-refractivity contribution in [3.05, 3.63) is 83.8 Å². The van der Waals surface area contributed by atoms with Crippen LogP contribution in [-0.2, 0) is 14.8 Å². The van der Waals surface area contributed by atoms with Crippen molar-refractivity contribution in [3.8, 4) is 5.75 Å². The van der Waals surface area contributed by atoms with Gasteiger partial charge in [-0.15, -0.1) is 0 Å². The number of nitrogens with one attached hydrogen (secondary N) is 1. The van der Waals surface area contributed by atoms with Gasteiger partial charge >= 0.3 is 5.97 Å². The van der Waals surface area contributed by atoms with E-state index in [1.165, 1.54) is 6.08 Å². The van der Waals surface area contributed by atoms with Crippen LogP contribution in [0.15, 0.2) is 78.2 Å². The lowest BCUT2D eigenvalue weighted by Gasteiger charge is -2.16. The van der Waals surface area contributed by atoms with Crippen LogP contribution in [0, 0.1) is 0 Å². The van der Waals surface area contributed by atoms with Gasteiger partial charge in [0.05, 0.1) is 0 Å². The highest BCUT2D eigenvalue weighted by molar-refractivity contribution is 7.92. The van der Waals surface area contributed by atoms with Gasteiger partial charge in [0.25, 0.3) is 0 Å². The van der Waals surface area contributed by atoms with Crippen molar-refractivity contribution in [2.75, 3.05) is 6.54 Å². The lowest BCUT2D eigenvalue weighted by Crippen LogP contribution is -2.33. The monoisotopic (exact) mass is 411 g/mol. The van der Waals surface area contributed by atoms with Crippen molar-refractivity contribution >= 4 is 32.8 Å². The molecule has 0 bridgehead atoms. The molecule has 1 atom stereocenters. The molecule has 0 fully saturated rings. The summed E-state index contributed by atoms with van der Waals surface area (Å²) in [6.45, 7) is -0.0663. The number of carboxylic acids is 1. The van der Waals surface area contributed by atoms with Crippen molar-refractivity contribution in [3.63, 3.8) is 0 Å². The molecule has 6 nitrogen and oxygen atoms in total. The number of carboxylic acid groups (broad SMARTS) is 1. The van der Waals surface area contributed by atoms with E-state index in [1.807, 2.05) is 48.5 Å². The first-order valence-electron chi connectivity index (χ1n) is 9.05. The lowest BCUT2D eigenvalue weighted by molar-refractivity contribution is -0.145. The number of carbonyl (C=O) groups is 1. The third kappa shape index (κ3) is 5.91. The molecular formula is C22H21NO5S. The van der Waals surface area contributed by atoms with Crippen LogP contribution in [0.1, 0.15) is 12.0 Å². The second-order valence-corrected chi connectivity index (χ2v) is 8.01. The van der Waals surface area contributed by atoms with Crippen LogP contribution in [0.5, 0.6) is 5.75 Å². The Kier molecular flexibility index (Phi) is 6.64. The summed E-state index contributed by atoms with van der Waals surface area (Å²) in [5, 5.41) is 12.3. The fraction of sp³-hybridized carbons (Fsp3) is 0.136. The van der Waals surface area contributed by atoms with Crippen LogP contribution in [0.4, 0.5) is 0 Å². The van der Waals surface area contributed by atoms with E-state index >= 15 is 0 Å². The summed E-state index contributed by atoms with van der Waals surface area (Å²) in [5.74, 6) is -0.709. The Hall–Kier alpha value is -3.16. The van der Waals surface area contributed by atoms with Gasteiger partial charge in [0.2, 0.25) is 10.0 Å². The van der Waals surface area contributed by atoms with Crippen LogP contribution in [-0.4, -0.2) is 32.1 Å². The van der Waals surface area contributed by atoms with E-state index in [0.29, 0.717) is 5.75 Å². The van der Waals surface area contributed by atoms with Crippen molar-refractivity contribution < 1.29 is 23.1 Å². The first kappa shape index (κ1) is 20.6. The first-order chi connectivity index (χ1) is 13.9. The van der Waals surface area contributed by atoms with Gasteiger partial charge in [0.1, 0.15) is 5.75 Å². The fourth-order valence-electron chi connectivity index (χ4n) is 2.80. The van der Waals surface area contributed by atoms with Crippen LogP contribution >= 0.6 is 0 Å². The number of hydrogen-bond donors (Lipinski definition) is 2. The molecule has 150 valence electrons. The van der Waals surface area contributed by atoms with Crippen molar-refractivity contribution in [1.29, 1.82) is 0 Å². The number of ether oxygens (including phenoxy) is 1. The molecule has 0 saturated carbocycles. The fourth-order valence-corrected chi connectivity index (χ4v) is 3.63. The zero-order valence-corrected chi connectivity index (χ0v) is 16.4. The van der Waals surface area contributed by atoms with Gasteiger partial charge in [0, 0.05) is 23.8 Å². The Balaban J connectivity index is 1.62. The summed E-state index contributed by atoms with van der Waals surface area (Å²) in [6.07, 6.45) is 0.280. The van der Waals surface area contributed by atoms with Crippen molar-refractivity contribution in [2.45, 2.75) is 12.5 Å². The predicted molar refractivity (Wildman–Crippen MR) is 113 cm³/mol. The molecule has 3 rings (SSSR count). The highest BCUT2D eigenvalue weighted by Crippen LogP contribution is 2.26. The second-order valence-electron chi connectivity index (χ2n) is 6.36. The summed E-state index contributed by atoms with van der Waals surface area (Å²) < 4.78 is 32.3. The minimum absolute atomic E-state index is 0.0169. The molecule has 29 heavy (non-hydrogen) atoms. The van der Waals surface area contributed by atoms with E-state index in [9.17, 15) is 18.3 Å². The third-order valence-electron chi connectivity index (χ3n) is 4.24. The number of sulfonamides is 1. The molecule has 2 N–H and O–H groups in total. The Labute approximate surface area is 169 Å². The van der Waals surface area contributed by atoms with Gasteiger partial charge in [-0.1, -0.05) is 66.7 Å². The topological polar surface area (TPSA) is 92.7 Å². The first-order valence-corrected chi connectivity index (χ1v) is 10.6. The third-order valence-corrected chi connectivity index (χ3v) is 5.34. The Bertz CT molecular complexity index is 1110. The summed E-state index contributed by atoms with van der Waals surface area (Å²) in [4.78, 5) is 11.6. The molecule has 0 amide bonds. The minimum atomic E-state index is -3.69. The van der Waals surface area contributed by atoms with E-state index in [1.54, 1.807) is 24.3 Å². The molecule has 0 aromatic heterocycles. The van der Waals surface area contributed by atoms with Crippen LogP contribution in [0.3, 0.4) is 0 Å². The molecule has 7 heteroatoms. The number of benzene rings is 3. The zero-order valence-electron chi connectivity index (χ0n) is 15.6. The average molecular weight is 411 g/mol. The molecule has 1 unspecified atom stereocenters. The van der Waals surface area contributed by atoms with Crippen molar-refractivity contribution in [2.24, 2.45) is 0 Å². The molecule has 3 aromatic rings. The van der Waals surface area contributed by atoms with Crippen LogP contribution in [0.25, 0.3) is 16.8 Å². The summed E-state index contributed by atoms with van der Waals surface area (Å²) in [6, 6.07) is 21.9. The van der Waals surface area contributed by atoms with Gasteiger partial charge in [-0.05, 0) is 23.1 Å². The minimum Gasteiger partial charge on any atom is -0.479 e. The molecule has 0 spiro atoms. The SMILES string of the molecule is O=C(O)C(CCNS(=O)(=O)C=Cc1ccccc1)Oc1cccc2ccccc12. The molecule has 3 aromatic carbocycles. The number of rotatable bonds is 9. The zero-order chi connectivity index (χ0) is 20.7. The highest BCUT2D eigenvalue weighted by atomic mass is 32.2. The normalized spacial score (nSPS) is 12.8. The number of hydrogen-bond acceptors (Lipinski definition) is 4. The van der Waals surface area contributed by atoms with Crippen LogP contribution < -0.4 is 9.46 Å². The molecule has 0 aliphatic rings. The Morgan fingerprint density at radius 2 is 1.69 bits per heavy atom. The molecule has 0 aliphatic heterocycles. The lowest BCUT2D eigenvalue weighted by atomic mass is 10.1. The van der Waals surface area contributed by atoms with Gasteiger partial charge in [0.15, 0.2) is 6.10 Å². The summed E-state index contributed by atoms with van der Waals surface area (Å²) in [5.41, 5.74) is 0.751. The summed E-state index contributed by atoms with van der Waals surface area (Å²) in [7, 11) is -3.69. The van der Waals surface area contributed by atoms with Gasteiger partial charge in [-0.25, -0.2) is 17.9 Å². The molecular weight excluding hydrogens is 390 g/mol. The molecule has 0 radical (unpaired) electrons. The maximum atomic E-state index is 12.1. The Morgan fingerprint density at radius 1 is 1.00 bits per heavy atom. The van der Waals surface area contributed by atoms with E-state index in [-0.39, 0.29) is 13.0 Å². The van der Waals surface area contributed by atoms with Crippen LogP contribution in [0.2, 0.25) is 0 Å². The molecule has 0 saturated heterocycles. The van der Waals surface area contributed by atoms with E-state index in [0.717, 1.165) is 21.7 Å².